The molecule has 0 aliphatic rings. The molecule has 0 fully saturated rings. The highest BCUT2D eigenvalue weighted by Crippen LogP contribution is 2.30. The first-order chi connectivity index (χ1) is 10.9. The molecule has 0 bridgehead atoms. The Morgan fingerprint density at radius 2 is 2.13 bits per heavy atom. The fourth-order valence-corrected chi connectivity index (χ4v) is 1.93. The number of nitrogens with one attached hydrogen (secondary N) is 1. The molecule has 1 N–H and O–H groups in total. The first-order valence-corrected chi connectivity index (χ1v) is 6.94. The van der Waals surface area contributed by atoms with E-state index in [9.17, 15) is 13.6 Å². The Bertz CT molecular complexity index is 701. The lowest BCUT2D eigenvalue weighted by Crippen LogP contribution is -2.13. The van der Waals surface area contributed by atoms with Crippen LogP contribution in [-0.4, -0.2) is 28.9 Å². The maximum absolute atomic E-state index is 12.4. The first kappa shape index (κ1) is 16.7. The van der Waals surface area contributed by atoms with Crippen molar-refractivity contribution in [2.75, 3.05) is 11.9 Å². The summed E-state index contributed by atoms with van der Waals surface area (Å²) in [6, 6.07) is 4.03. The number of ether oxygens (including phenoxy) is 2. The van der Waals surface area contributed by atoms with Crippen LogP contribution in [0.25, 0.3) is 0 Å². The normalized spacial score (nSPS) is 10.7. The number of rotatable bonds is 6. The first-order valence-electron chi connectivity index (χ1n) is 6.94. The van der Waals surface area contributed by atoms with Gasteiger partial charge in [-0.25, -0.2) is 0 Å². The van der Waals surface area contributed by atoms with Crippen LogP contribution in [0.5, 0.6) is 11.5 Å². The molecule has 0 atom stereocenters. The van der Waals surface area contributed by atoms with E-state index in [2.05, 4.69) is 15.2 Å². The van der Waals surface area contributed by atoms with Crippen LogP contribution < -0.4 is 14.8 Å². The van der Waals surface area contributed by atoms with Gasteiger partial charge in [-0.2, -0.15) is 13.9 Å². The minimum absolute atomic E-state index is 0.0864. The third-order valence-electron chi connectivity index (χ3n) is 3.21. The highest BCUT2D eigenvalue weighted by molar-refractivity contribution is 6.04. The summed E-state index contributed by atoms with van der Waals surface area (Å²) in [4.78, 5) is 12.3. The predicted molar refractivity (Wildman–Crippen MR) is 80.1 cm³/mol. The Labute approximate surface area is 132 Å². The molecular formula is C15H17F2N3O3. The molecule has 1 aromatic carbocycles. The second kappa shape index (κ2) is 7.08. The molecule has 6 nitrogen and oxygen atoms in total. The number of hydrogen-bond acceptors (Lipinski definition) is 4. The van der Waals surface area contributed by atoms with E-state index in [1.54, 1.807) is 18.7 Å². The van der Waals surface area contributed by atoms with Crippen molar-refractivity contribution in [2.24, 2.45) is 7.05 Å². The van der Waals surface area contributed by atoms with Gasteiger partial charge in [0, 0.05) is 12.6 Å². The summed E-state index contributed by atoms with van der Waals surface area (Å²) in [6.45, 7) is 0.810. The number of aryl methyl sites for hydroxylation is 1. The topological polar surface area (TPSA) is 65.4 Å². The molecule has 1 aromatic heterocycles. The van der Waals surface area contributed by atoms with E-state index in [-0.39, 0.29) is 23.7 Å². The number of alkyl halides is 2. The average molecular weight is 325 g/mol. The van der Waals surface area contributed by atoms with Gasteiger partial charge in [0.05, 0.1) is 24.2 Å². The lowest BCUT2D eigenvalue weighted by Gasteiger charge is -2.12. The van der Waals surface area contributed by atoms with Gasteiger partial charge in [-0.3, -0.25) is 9.48 Å². The van der Waals surface area contributed by atoms with Crippen molar-refractivity contribution in [1.82, 2.24) is 9.78 Å². The van der Waals surface area contributed by atoms with Gasteiger partial charge in [-0.05, 0) is 32.0 Å². The second-order valence-electron chi connectivity index (χ2n) is 4.69. The summed E-state index contributed by atoms with van der Waals surface area (Å²) in [7, 11) is 1.76. The lowest BCUT2D eigenvalue weighted by atomic mass is 10.2. The van der Waals surface area contributed by atoms with Gasteiger partial charge >= 0.3 is 6.61 Å². The minimum atomic E-state index is -2.97. The SMILES string of the molecule is CCOc1cc(C(=O)Nc2cnn(C)c2C)ccc1OC(F)F. The molecule has 0 saturated heterocycles. The average Bonchev–Trinajstić information content (AvgIpc) is 2.80. The second-order valence-corrected chi connectivity index (χ2v) is 4.69. The van der Waals surface area contributed by atoms with E-state index in [1.807, 2.05) is 6.92 Å². The summed E-state index contributed by atoms with van der Waals surface area (Å²) >= 11 is 0. The van der Waals surface area contributed by atoms with Crippen LogP contribution in [0.2, 0.25) is 0 Å². The molecule has 1 heterocycles. The molecule has 0 spiro atoms. The number of benzene rings is 1. The lowest BCUT2D eigenvalue weighted by molar-refractivity contribution is -0.0514. The van der Waals surface area contributed by atoms with E-state index >= 15 is 0 Å². The molecule has 23 heavy (non-hydrogen) atoms. The Morgan fingerprint density at radius 3 is 2.70 bits per heavy atom. The third-order valence-corrected chi connectivity index (χ3v) is 3.21. The fraction of sp³-hybridized carbons (Fsp3) is 0.333. The largest absolute Gasteiger partial charge is 0.490 e. The van der Waals surface area contributed by atoms with Crippen molar-refractivity contribution < 1.29 is 23.0 Å². The molecular weight excluding hydrogens is 308 g/mol. The molecule has 0 radical (unpaired) electrons. The van der Waals surface area contributed by atoms with Gasteiger partial charge in [0.1, 0.15) is 0 Å². The summed E-state index contributed by atoms with van der Waals surface area (Å²) in [5.41, 5.74) is 1.63. The van der Waals surface area contributed by atoms with Crippen LogP contribution in [0.1, 0.15) is 23.0 Å². The van der Waals surface area contributed by atoms with Gasteiger partial charge in [0.25, 0.3) is 5.91 Å². The number of nitrogens with zero attached hydrogens (tertiary/aromatic N) is 2. The zero-order chi connectivity index (χ0) is 17.0. The highest BCUT2D eigenvalue weighted by atomic mass is 19.3. The molecule has 2 rings (SSSR count). The highest BCUT2D eigenvalue weighted by Gasteiger charge is 2.16. The van der Waals surface area contributed by atoms with E-state index in [0.29, 0.717) is 5.69 Å². The Balaban J connectivity index is 2.23. The van der Waals surface area contributed by atoms with Crippen LogP contribution in [0.15, 0.2) is 24.4 Å². The van der Waals surface area contributed by atoms with Crippen molar-refractivity contribution in [3.63, 3.8) is 0 Å². The standard InChI is InChI=1S/C15H17F2N3O3/c1-4-22-13-7-10(5-6-12(13)23-15(16)17)14(21)19-11-8-18-20(3)9(11)2/h5-8,15H,4H2,1-3H3,(H,19,21). The quantitative estimate of drug-likeness (QED) is 0.887. The van der Waals surface area contributed by atoms with E-state index < -0.39 is 12.5 Å². The molecule has 0 aliphatic carbocycles. The van der Waals surface area contributed by atoms with Crippen molar-refractivity contribution in [2.45, 2.75) is 20.5 Å². The van der Waals surface area contributed by atoms with E-state index in [1.165, 1.54) is 24.4 Å². The molecule has 0 unspecified atom stereocenters. The third kappa shape index (κ3) is 3.97. The Kier molecular flexibility index (Phi) is 5.15. The molecule has 124 valence electrons. The van der Waals surface area contributed by atoms with E-state index in [4.69, 9.17) is 4.74 Å². The number of carbonyl (C=O) groups is 1. The maximum Gasteiger partial charge on any atom is 0.387 e. The number of amides is 1. The van der Waals surface area contributed by atoms with Crippen LogP contribution in [0.4, 0.5) is 14.5 Å². The van der Waals surface area contributed by atoms with Crippen molar-refractivity contribution in [1.29, 1.82) is 0 Å². The van der Waals surface area contributed by atoms with Crippen LogP contribution in [-0.2, 0) is 7.05 Å². The van der Waals surface area contributed by atoms with Crippen molar-refractivity contribution in [3.8, 4) is 11.5 Å². The molecule has 8 heteroatoms. The van der Waals surface area contributed by atoms with Gasteiger partial charge in [-0.15, -0.1) is 0 Å². The van der Waals surface area contributed by atoms with Crippen LogP contribution in [0, 0.1) is 6.92 Å². The van der Waals surface area contributed by atoms with Gasteiger partial charge < -0.3 is 14.8 Å². The summed E-state index contributed by atoms with van der Waals surface area (Å²) in [6.07, 6.45) is 1.53. The smallest absolute Gasteiger partial charge is 0.387 e. The summed E-state index contributed by atoms with van der Waals surface area (Å²) in [5.74, 6) is -0.426. The van der Waals surface area contributed by atoms with Crippen molar-refractivity contribution >= 4 is 11.6 Å². The van der Waals surface area contributed by atoms with Gasteiger partial charge in [-0.1, -0.05) is 0 Å². The monoisotopic (exact) mass is 325 g/mol. The van der Waals surface area contributed by atoms with E-state index in [0.717, 1.165) is 5.69 Å². The fourth-order valence-electron chi connectivity index (χ4n) is 1.93. The minimum Gasteiger partial charge on any atom is -0.490 e. The number of carbonyl (C=O) groups excluding carboxylic acids is 1. The van der Waals surface area contributed by atoms with Gasteiger partial charge in [0.15, 0.2) is 11.5 Å². The number of halogens is 2. The zero-order valence-corrected chi connectivity index (χ0v) is 13.0. The Morgan fingerprint density at radius 1 is 1.39 bits per heavy atom. The van der Waals surface area contributed by atoms with Crippen molar-refractivity contribution in [3.05, 3.63) is 35.7 Å². The van der Waals surface area contributed by atoms with Crippen LogP contribution >= 0.6 is 0 Å². The van der Waals surface area contributed by atoms with Crippen LogP contribution in [0.3, 0.4) is 0 Å². The van der Waals surface area contributed by atoms with Gasteiger partial charge in [0.2, 0.25) is 0 Å². The maximum atomic E-state index is 12.4. The molecule has 0 aliphatic heterocycles. The summed E-state index contributed by atoms with van der Waals surface area (Å²) in [5, 5.41) is 6.74. The number of hydrogen-bond donors (Lipinski definition) is 1. The Hall–Kier alpha value is -2.64. The molecule has 1 amide bonds. The number of aromatic nitrogens is 2. The summed E-state index contributed by atoms with van der Waals surface area (Å²) < 4.78 is 36.0. The molecule has 2 aromatic rings. The molecule has 0 saturated carbocycles. The zero-order valence-electron chi connectivity index (χ0n) is 13.0. The number of anilines is 1. The predicted octanol–water partition coefficient (Wildman–Crippen LogP) is 2.98.